The Balaban J connectivity index is 2.37. The van der Waals surface area contributed by atoms with Crippen molar-refractivity contribution in [1.82, 2.24) is 20.1 Å². The third-order valence-electron chi connectivity index (χ3n) is 3.68. The molecule has 5 heteroatoms. The molecule has 1 atom stereocenters. The molecule has 0 spiro atoms. The van der Waals surface area contributed by atoms with Gasteiger partial charge >= 0.3 is 0 Å². The van der Waals surface area contributed by atoms with Gasteiger partial charge in [-0.1, -0.05) is 6.92 Å². The van der Waals surface area contributed by atoms with E-state index in [1.54, 1.807) is 6.20 Å². The summed E-state index contributed by atoms with van der Waals surface area (Å²) in [5.74, 6) is 0.814. The number of pyridine rings is 1. The van der Waals surface area contributed by atoms with Crippen LogP contribution in [0.3, 0.4) is 0 Å². The third kappa shape index (κ3) is 3.24. The van der Waals surface area contributed by atoms with Gasteiger partial charge in [0.25, 0.3) is 0 Å². The predicted octanol–water partition coefficient (Wildman–Crippen LogP) is 2.53. The van der Waals surface area contributed by atoms with E-state index in [-0.39, 0.29) is 6.04 Å². The zero-order chi connectivity index (χ0) is 15.4. The van der Waals surface area contributed by atoms with Gasteiger partial charge in [0.05, 0.1) is 24.5 Å². The lowest BCUT2D eigenvalue weighted by molar-refractivity contribution is 0.315. The van der Waals surface area contributed by atoms with Crippen LogP contribution in [0.25, 0.3) is 0 Å². The summed E-state index contributed by atoms with van der Waals surface area (Å²) < 4.78 is 7.60. The first-order valence-corrected chi connectivity index (χ1v) is 7.33. The monoisotopic (exact) mass is 288 g/mol. The fraction of sp³-hybridized carbons (Fsp3) is 0.500. The zero-order valence-corrected chi connectivity index (χ0v) is 13.5. The Bertz CT molecular complexity index is 606. The van der Waals surface area contributed by atoms with Crippen molar-refractivity contribution in [2.75, 3.05) is 13.7 Å². The van der Waals surface area contributed by atoms with E-state index < -0.39 is 0 Å². The van der Waals surface area contributed by atoms with E-state index in [9.17, 15) is 0 Å². The lowest BCUT2D eigenvalue weighted by Gasteiger charge is -2.18. The smallest absolute Gasteiger partial charge is 0.137 e. The normalized spacial score (nSPS) is 12.4. The number of aromatic nitrogens is 3. The Morgan fingerprint density at radius 2 is 2.10 bits per heavy atom. The molecule has 5 nitrogen and oxygen atoms in total. The Morgan fingerprint density at radius 3 is 2.67 bits per heavy atom. The van der Waals surface area contributed by atoms with E-state index in [1.165, 1.54) is 5.56 Å². The third-order valence-corrected chi connectivity index (χ3v) is 3.68. The van der Waals surface area contributed by atoms with Crippen molar-refractivity contribution in [3.8, 4) is 5.75 Å². The van der Waals surface area contributed by atoms with Gasteiger partial charge in [-0.3, -0.25) is 9.67 Å². The molecule has 1 N–H and O–H groups in total. The molecular weight excluding hydrogens is 264 g/mol. The summed E-state index contributed by atoms with van der Waals surface area (Å²) in [4.78, 5) is 4.31. The summed E-state index contributed by atoms with van der Waals surface area (Å²) >= 11 is 0. The molecule has 0 amide bonds. The van der Waals surface area contributed by atoms with Crippen molar-refractivity contribution < 1.29 is 4.74 Å². The van der Waals surface area contributed by atoms with Gasteiger partial charge < -0.3 is 10.1 Å². The molecule has 0 saturated heterocycles. The Hall–Kier alpha value is -1.88. The molecular formula is C16H24N4O. The number of aryl methyl sites for hydroxylation is 2. The molecule has 0 aliphatic carbocycles. The summed E-state index contributed by atoms with van der Waals surface area (Å²) in [7, 11) is 3.92. The maximum Gasteiger partial charge on any atom is 0.137 e. The van der Waals surface area contributed by atoms with Crippen molar-refractivity contribution in [1.29, 1.82) is 0 Å². The van der Waals surface area contributed by atoms with E-state index in [2.05, 4.69) is 35.3 Å². The van der Waals surface area contributed by atoms with Crippen molar-refractivity contribution in [3.63, 3.8) is 0 Å². The quantitative estimate of drug-likeness (QED) is 0.887. The number of hydrogen-bond donors (Lipinski definition) is 1. The van der Waals surface area contributed by atoms with Crippen molar-refractivity contribution >= 4 is 0 Å². The fourth-order valence-corrected chi connectivity index (χ4v) is 2.58. The number of nitrogens with zero attached hydrogens (tertiary/aromatic N) is 3. The molecule has 0 aliphatic heterocycles. The average Bonchev–Trinajstić information content (AvgIpc) is 2.73. The number of ether oxygens (including phenoxy) is 1. The molecule has 2 aromatic rings. The molecule has 114 valence electrons. The number of hydrogen-bond acceptors (Lipinski definition) is 4. The van der Waals surface area contributed by atoms with Crippen LogP contribution in [0.15, 0.2) is 18.5 Å². The summed E-state index contributed by atoms with van der Waals surface area (Å²) in [6.07, 6.45) is 4.63. The minimum Gasteiger partial charge on any atom is -0.492 e. The highest BCUT2D eigenvalue weighted by Crippen LogP contribution is 2.28. The Labute approximate surface area is 126 Å². The maximum absolute atomic E-state index is 5.68. The molecule has 0 fully saturated rings. The SMILES string of the molecule is CCCOc1cncc(C(NC)c2c(C)nn(C)c2C)c1. The molecule has 0 bridgehead atoms. The summed E-state index contributed by atoms with van der Waals surface area (Å²) in [6.45, 7) is 6.93. The lowest BCUT2D eigenvalue weighted by atomic mass is 9.98. The van der Waals surface area contributed by atoms with Crippen LogP contribution in [-0.4, -0.2) is 28.4 Å². The molecule has 2 heterocycles. The minimum absolute atomic E-state index is 0.0661. The van der Waals surface area contributed by atoms with Gasteiger partial charge in [-0.05, 0) is 38.9 Å². The van der Waals surface area contributed by atoms with Gasteiger partial charge in [-0.15, -0.1) is 0 Å². The molecule has 2 rings (SSSR count). The van der Waals surface area contributed by atoms with E-state index in [0.717, 1.165) is 29.1 Å². The minimum atomic E-state index is 0.0661. The zero-order valence-electron chi connectivity index (χ0n) is 13.5. The first-order chi connectivity index (χ1) is 10.1. The fourth-order valence-electron chi connectivity index (χ4n) is 2.58. The van der Waals surface area contributed by atoms with Gasteiger partial charge in [0.15, 0.2) is 0 Å². The summed E-state index contributed by atoms with van der Waals surface area (Å²) in [5.41, 5.74) is 4.49. The van der Waals surface area contributed by atoms with Crippen molar-refractivity contribution in [3.05, 3.63) is 41.0 Å². The molecule has 1 unspecified atom stereocenters. The van der Waals surface area contributed by atoms with Crippen LogP contribution >= 0.6 is 0 Å². The van der Waals surface area contributed by atoms with Gasteiger partial charge in [-0.2, -0.15) is 5.10 Å². The van der Waals surface area contributed by atoms with E-state index in [0.29, 0.717) is 6.61 Å². The van der Waals surface area contributed by atoms with Crippen LogP contribution in [0.4, 0.5) is 0 Å². The molecule has 21 heavy (non-hydrogen) atoms. The van der Waals surface area contributed by atoms with Crippen LogP contribution in [0.2, 0.25) is 0 Å². The number of rotatable bonds is 6. The van der Waals surface area contributed by atoms with Crippen molar-refractivity contribution in [2.45, 2.75) is 33.2 Å². The van der Waals surface area contributed by atoms with Gasteiger partial charge in [0, 0.05) is 24.5 Å². The van der Waals surface area contributed by atoms with Crippen LogP contribution in [-0.2, 0) is 7.05 Å². The van der Waals surface area contributed by atoms with E-state index in [4.69, 9.17) is 4.74 Å². The predicted molar refractivity (Wildman–Crippen MR) is 83.6 cm³/mol. The highest BCUT2D eigenvalue weighted by Gasteiger charge is 2.21. The van der Waals surface area contributed by atoms with Crippen LogP contribution in [0.5, 0.6) is 5.75 Å². The first kappa shape index (κ1) is 15.5. The van der Waals surface area contributed by atoms with Crippen molar-refractivity contribution in [2.24, 2.45) is 7.05 Å². The second-order valence-electron chi connectivity index (χ2n) is 5.23. The van der Waals surface area contributed by atoms with Gasteiger partial charge in [-0.25, -0.2) is 0 Å². The van der Waals surface area contributed by atoms with Crippen LogP contribution < -0.4 is 10.1 Å². The average molecular weight is 288 g/mol. The summed E-state index contributed by atoms with van der Waals surface area (Å²) in [6, 6.07) is 2.12. The highest BCUT2D eigenvalue weighted by atomic mass is 16.5. The molecule has 0 aliphatic rings. The maximum atomic E-state index is 5.68. The lowest BCUT2D eigenvalue weighted by Crippen LogP contribution is -2.19. The second kappa shape index (κ2) is 6.72. The number of nitrogens with one attached hydrogen (secondary N) is 1. The highest BCUT2D eigenvalue weighted by molar-refractivity contribution is 5.38. The van der Waals surface area contributed by atoms with E-state index >= 15 is 0 Å². The summed E-state index contributed by atoms with van der Waals surface area (Å²) in [5, 5.41) is 7.87. The van der Waals surface area contributed by atoms with Crippen LogP contribution in [0.1, 0.15) is 41.9 Å². The topological polar surface area (TPSA) is 52.0 Å². The standard InChI is InChI=1S/C16H24N4O/c1-6-7-21-14-8-13(9-18-10-14)16(17-4)15-11(2)19-20(5)12(15)3/h8-10,16-17H,6-7H2,1-5H3. The first-order valence-electron chi connectivity index (χ1n) is 7.33. The van der Waals surface area contributed by atoms with Crippen LogP contribution in [0, 0.1) is 13.8 Å². The molecule has 2 aromatic heterocycles. The Morgan fingerprint density at radius 1 is 1.33 bits per heavy atom. The molecule has 0 radical (unpaired) electrons. The largest absolute Gasteiger partial charge is 0.492 e. The van der Waals surface area contributed by atoms with Gasteiger partial charge in [0.2, 0.25) is 0 Å². The molecule has 0 aromatic carbocycles. The molecule has 0 saturated carbocycles. The Kier molecular flexibility index (Phi) is 4.96. The second-order valence-corrected chi connectivity index (χ2v) is 5.23. The van der Waals surface area contributed by atoms with E-state index in [1.807, 2.05) is 31.9 Å². The van der Waals surface area contributed by atoms with Gasteiger partial charge in [0.1, 0.15) is 5.75 Å².